The van der Waals surface area contributed by atoms with E-state index in [1.165, 1.54) is 17.4 Å². The molecule has 6 heteroatoms. The second kappa shape index (κ2) is 7.21. The van der Waals surface area contributed by atoms with Crippen molar-refractivity contribution in [2.75, 3.05) is 11.1 Å². The summed E-state index contributed by atoms with van der Waals surface area (Å²) >= 11 is 3.00. The first kappa shape index (κ1) is 14.7. The Kier molecular flexibility index (Phi) is 5.31. The maximum absolute atomic E-state index is 11.8. The van der Waals surface area contributed by atoms with Crippen molar-refractivity contribution < 1.29 is 4.79 Å². The van der Waals surface area contributed by atoms with Gasteiger partial charge in [0.15, 0.2) is 4.34 Å². The van der Waals surface area contributed by atoms with Gasteiger partial charge in [-0.25, -0.2) is 0 Å². The van der Waals surface area contributed by atoms with Gasteiger partial charge in [-0.15, -0.1) is 10.2 Å². The Morgan fingerprint density at radius 1 is 1.40 bits per heavy atom. The summed E-state index contributed by atoms with van der Waals surface area (Å²) in [4.78, 5) is 11.8. The van der Waals surface area contributed by atoms with Gasteiger partial charge in [0.1, 0.15) is 0 Å². The van der Waals surface area contributed by atoms with Crippen molar-refractivity contribution >= 4 is 40.2 Å². The van der Waals surface area contributed by atoms with E-state index in [9.17, 15) is 4.79 Å². The molecule has 0 aliphatic heterocycles. The van der Waals surface area contributed by atoms with Crippen LogP contribution in [0, 0.1) is 6.92 Å². The summed E-state index contributed by atoms with van der Waals surface area (Å²) in [7, 11) is 0. The summed E-state index contributed by atoms with van der Waals surface area (Å²) in [6.45, 7) is 4.06. The Balaban J connectivity index is 1.96. The molecule has 0 fully saturated rings. The molecule has 1 heterocycles. The smallest absolute Gasteiger partial charge is 0.250 e. The highest BCUT2D eigenvalue weighted by Crippen LogP contribution is 2.24. The van der Waals surface area contributed by atoms with E-state index in [1.807, 2.05) is 31.2 Å². The molecule has 0 saturated heterocycles. The second-order valence-corrected chi connectivity index (χ2v) is 6.47. The third-order valence-corrected chi connectivity index (χ3v) is 4.36. The number of carbonyl (C=O) groups excluding carboxylic acids is 1. The lowest BCUT2D eigenvalue weighted by atomic mass is 10.1. The predicted molar refractivity (Wildman–Crippen MR) is 85.1 cm³/mol. The number of carbonyl (C=O) groups is 1. The van der Waals surface area contributed by atoms with Gasteiger partial charge in [-0.1, -0.05) is 54.3 Å². The molecule has 1 aromatic carbocycles. The molecule has 0 spiro atoms. The van der Waals surface area contributed by atoms with Crippen LogP contribution in [0.4, 0.5) is 5.13 Å². The largest absolute Gasteiger partial charge is 0.297 e. The molecule has 0 aliphatic rings. The summed E-state index contributed by atoms with van der Waals surface area (Å²) in [5.41, 5.74) is 2.16. The van der Waals surface area contributed by atoms with E-state index in [0.29, 0.717) is 5.13 Å². The highest BCUT2D eigenvalue weighted by molar-refractivity contribution is 8.01. The lowest BCUT2D eigenvalue weighted by Crippen LogP contribution is -2.07. The molecule has 1 N–H and O–H groups in total. The van der Waals surface area contributed by atoms with Crippen LogP contribution >= 0.6 is 23.1 Å². The minimum atomic E-state index is -0.197. The van der Waals surface area contributed by atoms with Crippen LogP contribution < -0.4 is 5.32 Å². The first-order valence-corrected chi connectivity index (χ1v) is 8.00. The van der Waals surface area contributed by atoms with Gasteiger partial charge in [0, 0.05) is 6.08 Å². The van der Waals surface area contributed by atoms with E-state index >= 15 is 0 Å². The Labute approximate surface area is 126 Å². The van der Waals surface area contributed by atoms with Crippen LogP contribution in [0.15, 0.2) is 34.7 Å². The highest BCUT2D eigenvalue weighted by atomic mass is 32.2. The Hall–Kier alpha value is -1.66. The number of rotatable bonds is 5. The lowest BCUT2D eigenvalue weighted by Gasteiger charge is -1.98. The quantitative estimate of drug-likeness (QED) is 0.521. The molecule has 0 aliphatic carbocycles. The molecule has 104 valence electrons. The fourth-order valence-corrected chi connectivity index (χ4v) is 3.18. The fraction of sp³-hybridized carbons (Fsp3) is 0.214. The predicted octanol–water partition coefficient (Wildman–Crippen LogP) is 3.61. The molecule has 1 aromatic heterocycles. The van der Waals surface area contributed by atoms with Crippen LogP contribution in [0.25, 0.3) is 6.08 Å². The van der Waals surface area contributed by atoms with Crippen molar-refractivity contribution in [1.29, 1.82) is 0 Å². The number of anilines is 1. The summed E-state index contributed by atoms with van der Waals surface area (Å²) in [5.74, 6) is 0.743. The number of hydrogen-bond acceptors (Lipinski definition) is 5. The standard InChI is InChI=1S/C14H15N3OS2/c1-3-19-14-17-16-13(20-14)15-12(18)9-8-11-7-5-4-6-10(11)2/h4-9H,3H2,1-2H3,(H,15,16,18)/b9-8+. The molecule has 0 bridgehead atoms. The van der Waals surface area contributed by atoms with Crippen molar-refractivity contribution in [3.8, 4) is 0 Å². The van der Waals surface area contributed by atoms with E-state index in [-0.39, 0.29) is 5.91 Å². The summed E-state index contributed by atoms with van der Waals surface area (Å²) in [6.07, 6.45) is 3.31. The summed E-state index contributed by atoms with van der Waals surface area (Å²) < 4.78 is 0.866. The zero-order chi connectivity index (χ0) is 14.4. The van der Waals surface area contributed by atoms with Gasteiger partial charge in [-0.2, -0.15) is 0 Å². The molecule has 0 saturated carbocycles. The third-order valence-electron chi connectivity index (χ3n) is 2.51. The van der Waals surface area contributed by atoms with E-state index in [2.05, 4.69) is 22.4 Å². The van der Waals surface area contributed by atoms with Crippen molar-refractivity contribution in [1.82, 2.24) is 10.2 Å². The zero-order valence-electron chi connectivity index (χ0n) is 11.3. The van der Waals surface area contributed by atoms with Crippen LogP contribution in [0.3, 0.4) is 0 Å². The van der Waals surface area contributed by atoms with Crippen LogP contribution in [-0.2, 0) is 4.79 Å². The Morgan fingerprint density at radius 3 is 2.95 bits per heavy atom. The van der Waals surface area contributed by atoms with Crippen molar-refractivity contribution in [3.05, 3.63) is 41.5 Å². The van der Waals surface area contributed by atoms with Crippen molar-refractivity contribution in [2.45, 2.75) is 18.2 Å². The highest BCUT2D eigenvalue weighted by Gasteiger charge is 2.05. The fourth-order valence-electron chi connectivity index (χ4n) is 1.53. The normalized spacial score (nSPS) is 10.9. The van der Waals surface area contributed by atoms with Gasteiger partial charge in [0.2, 0.25) is 11.0 Å². The topological polar surface area (TPSA) is 54.9 Å². The van der Waals surface area contributed by atoms with Crippen LogP contribution in [0.5, 0.6) is 0 Å². The monoisotopic (exact) mass is 305 g/mol. The second-order valence-electron chi connectivity index (χ2n) is 3.99. The average molecular weight is 305 g/mol. The maximum Gasteiger partial charge on any atom is 0.250 e. The molecule has 4 nitrogen and oxygen atoms in total. The van der Waals surface area contributed by atoms with Crippen LogP contribution in [0.2, 0.25) is 0 Å². The number of aromatic nitrogens is 2. The molecule has 2 rings (SSSR count). The number of nitrogens with zero attached hydrogens (tertiary/aromatic N) is 2. The van der Waals surface area contributed by atoms with Gasteiger partial charge in [0.25, 0.3) is 0 Å². The van der Waals surface area contributed by atoms with Gasteiger partial charge >= 0.3 is 0 Å². The van der Waals surface area contributed by atoms with Gasteiger partial charge < -0.3 is 0 Å². The SMILES string of the molecule is CCSc1nnc(NC(=O)/C=C/c2ccccc2C)s1. The first-order chi connectivity index (χ1) is 9.69. The van der Waals surface area contributed by atoms with E-state index < -0.39 is 0 Å². The van der Waals surface area contributed by atoms with Gasteiger partial charge in [0.05, 0.1) is 0 Å². The zero-order valence-corrected chi connectivity index (χ0v) is 12.9. The molecule has 0 atom stereocenters. The molecule has 1 amide bonds. The minimum Gasteiger partial charge on any atom is -0.297 e. The summed E-state index contributed by atoms with van der Waals surface area (Å²) in [6, 6.07) is 7.90. The number of benzene rings is 1. The number of amides is 1. The van der Waals surface area contributed by atoms with E-state index in [0.717, 1.165) is 21.2 Å². The van der Waals surface area contributed by atoms with Crippen molar-refractivity contribution in [3.63, 3.8) is 0 Å². The molecule has 0 unspecified atom stereocenters. The minimum absolute atomic E-state index is 0.197. The van der Waals surface area contributed by atoms with Gasteiger partial charge in [-0.3, -0.25) is 10.1 Å². The average Bonchev–Trinajstić information content (AvgIpc) is 2.85. The lowest BCUT2D eigenvalue weighted by molar-refractivity contribution is -0.111. The molecule has 20 heavy (non-hydrogen) atoms. The van der Waals surface area contributed by atoms with Crippen LogP contribution in [0.1, 0.15) is 18.1 Å². The number of thioether (sulfide) groups is 1. The third kappa shape index (κ3) is 4.18. The first-order valence-electron chi connectivity index (χ1n) is 6.20. The number of nitrogens with one attached hydrogen (secondary N) is 1. The van der Waals surface area contributed by atoms with E-state index in [4.69, 9.17) is 0 Å². The Bertz CT molecular complexity index is 622. The van der Waals surface area contributed by atoms with Crippen molar-refractivity contribution in [2.24, 2.45) is 0 Å². The molecular formula is C14H15N3OS2. The van der Waals surface area contributed by atoms with Gasteiger partial charge in [-0.05, 0) is 29.9 Å². The summed E-state index contributed by atoms with van der Waals surface area (Å²) in [5, 5.41) is 11.2. The maximum atomic E-state index is 11.8. The van der Waals surface area contributed by atoms with Crippen LogP contribution in [-0.4, -0.2) is 21.9 Å². The number of hydrogen-bond donors (Lipinski definition) is 1. The molecule has 2 aromatic rings. The van der Waals surface area contributed by atoms with E-state index in [1.54, 1.807) is 17.8 Å². The number of aryl methyl sites for hydroxylation is 1. The Morgan fingerprint density at radius 2 is 2.20 bits per heavy atom. The molecule has 0 radical (unpaired) electrons. The molecular weight excluding hydrogens is 290 g/mol.